The third-order valence-corrected chi connectivity index (χ3v) is 3.56. The van der Waals surface area contributed by atoms with E-state index < -0.39 is 0 Å². The summed E-state index contributed by atoms with van der Waals surface area (Å²) in [6.07, 6.45) is 3.88. The van der Waals surface area contributed by atoms with Gasteiger partial charge in [0.1, 0.15) is 0 Å². The Morgan fingerprint density at radius 2 is 2.10 bits per heavy atom. The van der Waals surface area contributed by atoms with Gasteiger partial charge in [-0.2, -0.15) is 5.10 Å². The molecule has 2 amide bonds. The molecule has 3 aromatic rings. The highest BCUT2D eigenvalue weighted by Gasteiger charge is 2.07. The van der Waals surface area contributed by atoms with Crippen molar-refractivity contribution < 1.29 is 4.79 Å². The summed E-state index contributed by atoms with van der Waals surface area (Å²) in [5, 5.41) is 14.2. The molecule has 0 saturated heterocycles. The molecule has 0 fully saturated rings. The Hall–Kier alpha value is -2.67. The zero-order valence-electron chi connectivity index (χ0n) is 11.0. The van der Waals surface area contributed by atoms with Crippen LogP contribution in [0.5, 0.6) is 0 Å². The van der Waals surface area contributed by atoms with Crippen LogP contribution in [-0.2, 0) is 6.42 Å². The first kappa shape index (κ1) is 13.3. The molecule has 6 nitrogen and oxygen atoms in total. The summed E-state index contributed by atoms with van der Waals surface area (Å²) in [6, 6.07) is 9.75. The van der Waals surface area contributed by atoms with Gasteiger partial charge >= 0.3 is 6.03 Å². The average Bonchev–Trinajstić information content (AvgIpc) is 3.12. The molecule has 0 unspecified atom stereocenters. The van der Waals surface area contributed by atoms with Crippen molar-refractivity contribution in [2.75, 3.05) is 10.6 Å². The summed E-state index contributed by atoms with van der Waals surface area (Å²) in [4.78, 5) is 16.1. The van der Waals surface area contributed by atoms with Crippen LogP contribution >= 0.6 is 11.3 Å². The molecule has 2 heterocycles. The first-order valence-corrected chi connectivity index (χ1v) is 7.23. The summed E-state index contributed by atoms with van der Waals surface area (Å²) in [5.74, 6) is 0. The molecule has 106 valence electrons. The lowest BCUT2D eigenvalue weighted by atomic mass is 10.1. The number of carbonyl (C=O) groups excluding carboxylic acids is 1. The zero-order chi connectivity index (χ0) is 14.5. The minimum absolute atomic E-state index is 0.336. The van der Waals surface area contributed by atoms with Crippen molar-refractivity contribution in [1.82, 2.24) is 15.2 Å². The van der Waals surface area contributed by atoms with E-state index in [2.05, 4.69) is 37.9 Å². The van der Waals surface area contributed by atoms with Crippen LogP contribution in [0.15, 0.2) is 48.1 Å². The molecule has 0 spiro atoms. The minimum atomic E-state index is -0.336. The normalized spacial score (nSPS) is 10.3. The summed E-state index contributed by atoms with van der Waals surface area (Å²) >= 11 is 1.40. The highest BCUT2D eigenvalue weighted by atomic mass is 32.1. The van der Waals surface area contributed by atoms with E-state index in [0.717, 1.165) is 12.1 Å². The number of aromatic nitrogens is 3. The first-order valence-electron chi connectivity index (χ1n) is 6.35. The summed E-state index contributed by atoms with van der Waals surface area (Å²) in [5.41, 5.74) is 2.73. The van der Waals surface area contributed by atoms with E-state index in [0.29, 0.717) is 10.8 Å². The fraction of sp³-hybridized carbons (Fsp3) is 0.0714. The Morgan fingerprint density at radius 3 is 2.86 bits per heavy atom. The summed E-state index contributed by atoms with van der Waals surface area (Å²) < 4.78 is 0. The van der Waals surface area contributed by atoms with E-state index >= 15 is 0 Å². The molecule has 3 N–H and O–H groups in total. The van der Waals surface area contributed by atoms with Crippen LogP contribution in [0.1, 0.15) is 11.3 Å². The summed E-state index contributed by atoms with van der Waals surface area (Å²) in [7, 11) is 0. The molecule has 1 aromatic carbocycles. The van der Waals surface area contributed by atoms with Gasteiger partial charge in [-0.3, -0.25) is 10.4 Å². The van der Waals surface area contributed by atoms with E-state index in [9.17, 15) is 4.79 Å². The predicted molar refractivity (Wildman–Crippen MR) is 82.6 cm³/mol. The largest absolute Gasteiger partial charge is 0.325 e. The van der Waals surface area contributed by atoms with E-state index in [-0.39, 0.29) is 6.03 Å². The minimum Gasteiger partial charge on any atom is -0.305 e. The molecule has 0 aliphatic heterocycles. The molecule has 0 radical (unpaired) electrons. The van der Waals surface area contributed by atoms with Gasteiger partial charge in [0.25, 0.3) is 0 Å². The van der Waals surface area contributed by atoms with Crippen LogP contribution in [0.2, 0.25) is 0 Å². The van der Waals surface area contributed by atoms with Gasteiger partial charge in [0.2, 0.25) is 0 Å². The Morgan fingerprint density at radius 1 is 1.24 bits per heavy atom. The van der Waals surface area contributed by atoms with Crippen LogP contribution in [0.3, 0.4) is 0 Å². The highest BCUT2D eigenvalue weighted by Crippen LogP contribution is 2.18. The van der Waals surface area contributed by atoms with Gasteiger partial charge < -0.3 is 5.32 Å². The maximum absolute atomic E-state index is 11.8. The molecule has 7 heteroatoms. The number of benzene rings is 1. The van der Waals surface area contributed by atoms with Crippen LogP contribution in [0.4, 0.5) is 15.6 Å². The van der Waals surface area contributed by atoms with Crippen LogP contribution in [0.25, 0.3) is 0 Å². The molecule has 0 bridgehead atoms. The lowest BCUT2D eigenvalue weighted by Crippen LogP contribution is -2.18. The number of aromatic amines is 1. The molecule has 2 aromatic heterocycles. The number of nitrogens with one attached hydrogen (secondary N) is 3. The van der Waals surface area contributed by atoms with Gasteiger partial charge in [-0.15, -0.1) is 11.3 Å². The van der Waals surface area contributed by atoms with Gasteiger partial charge in [-0.05, 0) is 5.56 Å². The Kier molecular flexibility index (Phi) is 3.92. The second kappa shape index (κ2) is 6.19. The number of urea groups is 1. The number of thiazole rings is 1. The predicted octanol–water partition coefficient (Wildman–Crippen LogP) is 3.10. The highest BCUT2D eigenvalue weighted by molar-refractivity contribution is 7.13. The average molecular weight is 299 g/mol. The number of rotatable bonds is 4. The van der Waals surface area contributed by atoms with E-state index in [1.807, 2.05) is 23.6 Å². The Labute approximate surface area is 125 Å². The van der Waals surface area contributed by atoms with Crippen molar-refractivity contribution in [2.24, 2.45) is 0 Å². The van der Waals surface area contributed by atoms with E-state index in [1.54, 1.807) is 6.20 Å². The molecule has 0 aliphatic carbocycles. The SMILES string of the molecule is O=C(Nc1cn[nH]c1)Nc1nc(Cc2ccccc2)cs1. The molecule has 0 atom stereocenters. The fourth-order valence-electron chi connectivity index (χ4n) is 1.83. The van der Waals surface area contributed by atoms with Crippen LogP contribution in [-0.4, -0.2) is 21.2 Å². The van der Waals surface area contributed by atoms with Crippen molar-refractivity contribution >= 4 is 28.2 Å². The third-order valence-electron chi connectivity index (χ3n) is 2.76. The second-order valence-electron chi connectivity index (χ2n) is 4.37. The van der Waals surface area contributed by atoms with Gasteiger partial charge in [-0.1, -0.05) is 30.3 Å². The molecular formula is C14H13N5OS. The van der Waals surface area contributed by atoms with E-state index in [1.165, 1.54) is 23.1 Å². The molecule has 0 saturated carbocycles. The summed E-state index contributed by atoms with van der Waals surface area (Å²) in [6.45, 7) is 0. The van der Waals surface area contributed by atoms with Crippen molar-refractivity contribution in [3.63, 3.8) is 0 Å². The molecule has 3 rings (SSSR count). The fourth-order valence-corrected chi connectivity index (χ4v) is 2.53. The number of nitrogens with zero attached hydrogens (tertiary/aromatic N) is 2. The molecular weight excluding hydrogens is 286 g/mol. The van der Waals surface area contributed by atoms with Gasteiger partial charge in [-0.25, -0.2) is 9.78 Å². The zero-order valence-corrected chi connectivity index (χ0v) is 11.9. The Balaban J connectivity index is 1.59. The molecule has 21 heavy (non-hydrogen) atoms. The number of carbonyl (C=O) groups is 1. The maximum atomic E-state index is 11.8. The monoisotopic (exact) mass is 299 g/mol. The smallest absolute Gasteiger partial charge is 0.305 e. The number of anilines is 2. The number of H-pyrrole nitrogens is 1. The lowest BCUT2D eigenvalue weighted by Gasteiger charge is -2.01. The standard InChI is InChI=1S/C14H13N5OS/c20-13(17-12-7-15-16-8-12)19-14-18-11(9-21-14)6-10-4-2-1-3-5-10/h1-5,7-9H,6H2,(H,15,16)(H2,17,18,19,20). The van der Waals surface area contributed by atoms with Crippen molar-refractivity contribution in [1.29, 1.82) is 0 Å². The lowest BCUT2D eigenvalue weighted by molar-refractivity contribution is 0.262. The van der Waals surface area contributed by atoms with Gasteiger partial charge in [0.05, 0.1) is 17.6 Å². The quantitative estimate of drug-likeness (QED) is 0.692. The van der Waals surface area contributed by atoms with Gasteiger partial charge in [0, 0.05) is 18.0 Å². The topological polar surface area (TPSA) is 82.7 Å². The first-order chi connectivity index (χ1) is 10.3. The Bertz CT molecular complexity index is 708. The molecule has 0 aliphatic rings. The van der Waals surface area contributed by atoms with Crippen LogP contribution < -0.4 is 10.6 Å². The van der Waals surface area contributed by atoms with Crippen molar-refractivity contribution in [2.45, 2.75) is 6.42 Å². The number of amides is 2. The van der Waals surface area contributed by atoms with Crippen molar-refractivity contribution in [3.05, 3.63) is 59.4 Å². The number of hydrogen-bond acceptors (Lipinski definition) is 4. The number of hydrogen-bond donors (Lipinski definition) is 3. The second-order valence-corrected chi connectivity index (χ2v) is 5.23. The van der Waals surface area contributed by atoms with Crippen molar-refractivity contribution in [3.8, 4) is 0 Å². The third kappa shape index (κ3) is 3.67. The van der Waals surface area contributed by atoms with E-state index in [4.69, 9.17) is 0 Å². The van der Waals surface area contributed by atoms with Crippen LogP contribution in [0, 0.1) is 0 Å². The van der Waals surface area contributed by atoms with Gasteiger partial charge in [0.15, 0.2) is 5.13 Å². The maximum Gasteiger partial charge on any atom is 0.325 e.